The van der Waals surface area contributed by atoms with Gasteiger partial charge in [-0.15, -0.1) is 0 Å². The zero-order valence-electron chi connectivity index (χ0n) is 17.8. The van der Waals surface area contributed by atoms with Crippen LogP contribution in [0.3, 0.4) is 0 Å². The van der Waals surface area contributed by atoms with Crippen LogP contribution >= 0.6 is 0 Å². The Kier molecular flexibility index (Phi) is 5.20. The van der Waals surface area contributed by atoms with Gasteiger partial charge in [0.15, 0.2) is 5.76 Å². The van der Waals surface area contributed by atoms with E-state index >= 15 is 0 Å². The molecule has 2 aromatic heterocycles. The molecule has 0 saturated heterocycles. The average Bonchev–Trinajstić information content (AvgIpc) is 3.51. The lowest BCUT2D eigenvalue weighted by molar-refractivity contribution is 0.0993. The van der Waals surface area contributed by atoms with Crippen molar-refractivity contribution in [3.8, 4) is 11.4 Å². The van der Waals surface area contributed by atoms with E-state index in [1.807, 2.05) is 55.5 Å². The molecular formula is C26H20N4O3. The highest BCUT2D eigenvalue weighted by Crippen LogP contribution is 2.28. The summed E-state index contributed by atoms with van der Waals surface area (Å²) >= 11 is 0. The largest absolute Gasteiger partial charge is 0.459 e. The molecule has 5 rings (SSSR count). The minimum atomic E-state index is -0.379. The fourth-order valence-electron chi connectivity index (χ4n) is 3.56. The molecule has 0 atom stereocenters. The quantitative estimate of drug-likeness (QED) is 0.332. The molecule has 0 saturated carbocycles. The number of H-pyrrole nitrogens is 1. The normalized spacial score (nSPS) is 10.8. The number of amides is 2. The number of aryl methyl sites for hydroxylation is 1. The van der Waals surface area contributed by atoms with Gasteiger partial charge in [-0.2, -0.15) is 0 Å². The van der Waals surface area contributed by atoms with Crippen LogP contribution in [0.15, 0.2) is 89.5 Å². The number of nitrogens with zero attached hydrogens (tertiary/aromatic N) is 1. The summed E-state index contributed by atoms with van der Waals surface area (Å²) in [6.07, 6.45) is 1.44. The smallest absolute Gasteiger partial charge is 0.291 e. The molecule has 2 amide bonds. The fourth-order valence-corrected chi connectivity index (χ4v) is 3.56. The number of carbonyl (C=O) groups excluding carboxylic acids is 2. The Hall–Kier alpha value is -4.65. The van der Waals surface area contributed by atoms with E-state index in [1.165, 1.54) is 6.26 Å². The number of imidazole rings is 1. The molecule has 0 spiro atoms. The number of rotatable bonds is 5. The van der Waals surface area contributed by atoms with Gasteiger partial charge in [-0.25, -0.2) is 4.98 Å². The van der Waals surface area contributed by atoms with E-state index in [9.17, 15) is 9.59 Å². The third-order valence-corrected chi connectivity index (χ3v) is 5.31. The van der Waals surface area contributed by atoms with Crippen LogP contribution in [0.25, 0.3) is 22.4 Å². The van der Waals surface area contributed by atoms with Crippen LogP contribution < -0.4 is 10.6 Å². The topological polar surface area (TPSA) is 100 Å². The Morgan fingerprint density at radius 2 is 1.64 bits per heavy atom. The van der Waals surface area contributed by atoms with E-state index in [2.05, 4.69) is 20.6 Å². The monoisotopic (exact) mass is 436 g/mol. The van der Waals surface area contributed by atoms with Gasteiger partial charge >= 0.3 is 0 Å². The molecule has 2 heterocycles. The second-order valence-electron chi connectivity index (χ2n) is 7.56. The van der Waals surface area contributed by atoms with Crippen LogP contribution in [0.4, 0.5) is 11.4 Å². The van der Waals surface area contributed by atoms with Crippen molar-refractivity contribution >= 4 is 34.2 Å². The molecule has 3 N–H and O–H groups in total. The number of hydrogen-bond donors (Lipinski definition) is 3. The second-order valence-corrected chi connectivity index (χ2v) is 7.56. The van der Waals surface area contributed by atoms with Gasteiger partial charge in [0.05, 0.1) is 23.0 Å². The van der Waals surface area contributed by atoms with Crippen molar-refractivity contribution in [2.45, 2.75) is 6.92 Å². The molecule has 7 heteroatoms. The summed E-state index contributed by atoms with van der Waals surface area (Å²) in [7, 11) is 0. The van der Waals surface area contributed by atoms with E-state index < -0.39 is 0 Å². The first-order chi connectivity index (χ1) is 16.1. The van der Waals surface area contributed by atoms with Crippen molar-refractivity contribution < 1.29 is 14.0 Å². The first-order valence-electron chi connectivity index (χ1n) is 10.4. The number of carbonyl (C=O) groups is 2. The van der Waals surface area contributed by atoms with Crippen molar-refractivity contribution in [3.63, 3.8) is 0 Å². The maximum absolute atomic E-state index is 13.1. The number of nitrogens with one attached hydrogen (secondary N) is 3. The van der Waals surface area contributed by atoms with Crippen molar-refractivity contribution in [3.05, 3.63) is 102 Å². The van der Waals surface area contributed by atoms with Crippen LogP contribution in [0.1, 0.15) is 26.5 Å². The number of benzene rings is 3. The highest BCUT2D eigenvalue weighted by atomic mass is 16.3. The number of anilines is 2. The van der Waals surface area contributed by atoms with Crippen molar-refractivity contribution in [1.29, 1.82) is 0 Å². The van der Waals surface area contributed by atoms with Crippen molar-refractivity contribution in [2.24, 2.45) is 0 Å². The lowest BCUT2D eigenvalue weighted by Gasteiger charge is -2.12. The highest BCUT2D eigenvalue weighted by Gasteiger charge is 2.15. The van der Waals surface area contributed by atoms with Gasteiger partial charge in [-0.05, 0) is 61.0 Å². The molecule has 33 heavy (non-hydrogen) atoms. The van der Waals surface area contributed by atoms with Crippen LogP contribution in [0.5, 0.6) is 0 Å². The van der Waals surface area contributed by atoms with Crippen LogP contribution in [0, 0.1) is 6.92 Å². The molecular weight excluding hydrogens is 416 g/mol. The summed E-state index contributed by atoms with van der Waals surface area (Å²) in [5.74, 6) is 0.189. The third kappa shape index (κ3) is 4.12. The van der Waals surface area contributed by atoms with Crippen LogP contribution in [-0.2, 0) is 0 Å². The van der Waals surface area contributed by atoms with E-state index in [-0.39, 0.29) is 17.6 Å². The fraction of sp³-hybridized carbons (Fsp3) is 0.0385. The van der Waals surface area contributed by atoms with Crippen molar-refractivity contribution in [1.82, 2.24) is 9.97 Å². The standard InChI is InChI=1S/C26H20N4O3/c1-16-12-13-17(15-22(16)30-26(32)23-11-6-14-33-23)25(31)29-19-8-3-2-7-18(19)24-27-20-9-4-5-10-21(20)28-24/h2-15H,1H3,(H,27,28)(H,29,31)(H,30,32). The molecule has 5 aromatic rings. The van der Waals surface area contributed by atoms with Gasteiger partial charge in [0.1, 0.15) is 5.82 Å². The van der Waals surface area contributed by atoms with Gasteiger partial charge in [-0.3, -0.25) is 9.59 Å². The maximum Gasteiger partial charge on any atom is 0.291 e. The Labute approximate surface area is 189 Å². The number of aromatic nitrogens is 2. The Balaban J connectivity index is 1.41. The van der Waals surface area contributed by atoms with Crippen LogP contribution in [0.2, 0.25) is 0 Å². The number of para-hydroxylation sites is 3. The second kappa shape index (κ2) is 8.47. The lowest BCUT2D eigenvalue weighted by Crippen LogP contribution is -2.15. The van der Waals surface area contributed by atoms with E-state index in [4.69, 9.17) is 4.42 Å². The Bertz CT molecular complexity index is 1440. The minimum absolute atomic E-state index is 0.198. The van der Waals surface area contributed by atoms with Gasteiger partial charge < -0.3 is 20.0 Å². The number of furan rings is 1. The molecule has 0 fully saturated rings. The van der Waals surface area contributed by atoms with E-state index in [0.717, 1.165) is 22.2 Å². The molecule has 0 aliphatic rings. The zero-order valence-corrected chi connectivity index (χ0v) is 17.8. The molecule has 3 aromatic carbocycles. The molecule has 7 nitrogen and oxygen atoms in total. The first kappa shape index (κ1) is 20.3. The summed E-state index contributed by atoms with van der Waals surface area (Å²) in [6, 6.07) is 23.6. The molecule has 0 aliphatic carbocycles. The van der Waals surface area contributed by atoms with Crippen molar-refractivity contribution in [2.75, 3.05) is 10.6 Å². The first-order valence-corrected chi connectivity index (χ1v) is 10.4. The molecule has 0 bridgehead atoms. The summed E-state index contributed by atoms with van der Waals surface area (Å²) in [6.45, 7) is 1.86. The molecule has 0 radical (unpaired) electrons. The Morgan fingerprint density at radius 3 is 2.45 bits per heavy atom. The third-order valence-electron chi connectivity index (χ3n) is 5.31. The zero-order chi connectivity index (χ0) is 22.8. The number of fused-ring (bicyclic) bond motifs is 1. The minimum Gasteiger partial charge on any atom is -0.459 e. The Morgan fingerprint density at radius 1 is 0.848 bits per heavy atom. The summed E-state index contributed by atoms with van der Waals surface area (Å²) in [5.41, 5.74) is 4.95. The van der Waals surface area contributed by atoms with E-state index in [0.29, 0.717) is 22.8 Å². The average molecular weight is 436 g/mol. The van der Waals surface area contributed by atoms with Gasteiger partial charge in [0.25, 0.3) is 11.8 Å². The summed E-state index contributed by atoms with van der Waals surface area (Å²) in [5, 5.41) is 5.76. The van der Waals surface area contributed by atoms with E-state index in [1.54, 1.807) is 30.3 Å². The predicted octanol–water partition coefficient (Wildman–Crippen LogP) is 5.64. The number of aromatic amines is 1. The van der Waals surface area contributed by atoms with Gasteiger partial charge in [0, 0.05) is 16.8 Å². The number of hydrogen-bond acceptors (Lipinski definition) is 4. The maximum atomic E-state index is 13.1. The SMILES string of the molecule is Cc1ccc(C(=O)Nc2ccccc2-c2nc3ccccc3[nH]2)cc1NC(=O)c1ccco1. The summed E-state index contributed by atoms with van der Waals surface area (Å²) < 4.78 is 5.14. The van der Waals surface area contributed by atoms with Crippen LogP contribution in [-0.4, -0.2) is 21.8 Å². The molecule has 0 unspecified atom stereocenters. The van der Waals surface area contributed by atoms with Gasteiger partial charge in [-0.1, -0.05) is 30.3 Å². The summed E-state index contributed by atoms with van der Waals surface area (Å²) in [4.78, 5) is 33.4. The molecule has 0 aliphatic heterocycles. The van der Waals surface area contributed by atoms with Gasteiger partial charge in [0.2, 0.25) is 0 Å². The highest BCUT2D eigenvalue weighted by molar-refractivity contribution is 6.08. The molecule has 162 valence electrons. The lowest BCUT2D eigenvalue weighted by atomic mass is 10.1. The predicted molar refractivity (Wildman–Crippen MR) is 127 cm³/mol.